The largest absolute Gasteiger partial charge is 0.403 e. The van der Waals surface area contributed by atoms with Crippen molar-refractivity contribution >= 4 is 0 Å². The van der Waals surface area contributed by atoms with Gasteiger partial charge < -0.3 is 5.32 Å². The van der Waals surface area contributed by atoms with Gasteiger partial charge in [0, 0.05) is 6.04 Å². The van der Waals surface area contributed by atoms with Gasteiger partial charge in [0.25, 0.3) is 0 Å². The molecule has 0 radical (unpaired) electrons. The molecular weight excluding hydrogens is 203 g/mol. The maximum Gasteiger partial charge on any atom is 0.403 e. The third kappa shape index (κ3) is 2.65. The standard InChI is InChI=1S/C11H18F3N/c12-11(13,14)10-7-3-6-9(15-10)8-4-1-2-5-8/h8-10,15H,1-7H2. The Morgan fingerprint density at radius 2 is 1.53 bits per heavy atom. The zero-order chi connectivity index (χ0) is 10.9. The quantitative estimate of drug-likeness (QED) is 0.716. The van der Waals surface area contributed by atoms with Crippen LogP contribution in [-0.2, 0) is 0 Å². The fraction of sp³-hybridized carbons (Fsp3) is 1.00. The van der Waals surface area contributed by atoms with Crippen LogP contribution in [0.15, 0.2) is 0 Å². The Hall–Kier alpha value is -0.250. The average Bonchev–Trinajstić information content (AvgIpc) is 2.69. The summed E-state index contributed by atoms with van der Waals surface area (Å²) in [6.07, 6.45) is 2.46. The first-order chi connectivity index (χ1) is 7.07. The predicted octanol–water partition coefficient (Wildman–Crippen LogP) is 3.25. The van der Waals surface area contributed by atoms with Crippen molar-refractivity contribution < 1.29 is 13.2 Å². The fourth-order valence-electron chi connectivity index (χ4n) is 2.96. The molecule has 1 aliphatic heterocycles. The number of halogens is 3. The van der Waals surface area contributed by atoms with E-state index in [0.717, 1.165) is 25.7 Å². The Bertz CT molecular complexity index is 208. The highest BCUT2D eigenvalue weighted by Crippen LogP contribution is 2.35. The van der Waals surface area contributed by atoms with E-state index in [0.29, 0.717) is 5.92 Å². The number of alkyl halides is 3. The molecule has 2 unspecified atom stereocenters. The molecule has 0 amide bonds. The molecule has 4 heteroatoms. The van der Waals surface area contributed by atoms with Crippen LogP contribution in [0.25, 0.3) is 0 Å². The second-order valence-corrected chi connectivity index (χ2v) is 4.84. The molecule has 0 aromatic carbocycles. The molecule has 0 aromatic rings. The van der Waals surface area contributed by atoms with Gasteiger partial charge in [0.15, 0.2) is 0 Å². The monoisotopic (exact) mass is 221 g/mol. The lowest BCUT2D eigenvalue weighted by Crippen LogP contribution is -2.52. The van der Waals surface area contributed by atoms with Crippen molar-refractivity contribution in [3.63, 3.8) is 0 Å². The van der Waals surface area contributed by atoms with Crippen LogP contribution in [0.4, 0.5) is 13.2 Å². The van der Waals surface area contributed by atoms with Gasteiger partial charge in [0.2, 0.25) is 0 Å². The molecule has 1 N–H and O–H groups in total. The lowest BCUT2D eigenvalue weighted by Gasteiger charge is -2.35. The summed E-state index contributed by atoms with van der Waals surface area (Å²) in [4.78, 5) is 0. The number of piperidine rings is 1. The van der Waals surface area contributed by atoms with Gasteiger partial charge in [-0.3, -0.25) is 0 Å². The molecule has 1 saturated carbocycles. The lowest BCUT2D eigenvalue weighted by atomic mass is 9.88. The van der Waals surface area contributed by atoms with Crippen LogP contribution in [0.1, 0.15) is 44.9 Å². The molecule has 1 heterocycles. The third-order valence-electron chi connectivity index (χ3n) is 3.79. The maximum absolute atomic E-state index is 12.5. The van der Waals surface area contributed by atoms with Crippen LogP contribution < -0.4 is 5.32 Å². The fourth-order valence-corrected chi connectivity index (χ4v) is 2.96. The van der Waals surface area contributed by atoms with Gasteiger partial charge in [-0.2, -0.15) is 13.2 Å². The molecule has 2 rings (SSSR count). The van der Waals surface area contributed by atoms with Crippen LogP contribution in [0.5, 0.6) is 0 Å². The summed E-state index contributed by atoms with van der Waals surface area (Å²) in [5, 5.41) is 2.81. The van der Waals surface area contributed by atoms with Gasteiger partial charge in [-0.25, -0.2) is 0 Å². The first-order valence-corrected chi connectivity index (χ1v) is 5.90. The van der Waals surface area contributed by atoms with Gasteiger partial charge in [0.05, 0.1) is 0 Å². The number of nitrogens with one attached hydrogen (secondary N) is 1. The lowest BCUT2D eigenvalue weighted by molar-refractivity contribution is -0.164. The van der Waals surface area contributed by atoms with E-state index in [1.807, 2.05) is 0 Å². The minimum absolute atomic E-state index is 0.118. The Labute approximate surface area is 88.4 Å². The van der Waals surface area contributed by atoms with Crippen LogP contribution in [0, 0.1) is 5.92 Å². The van der Waals surface area contributed by atoms with Crippen LogP contribution in [-0.4, -0.2) is 18.3 Å². The van der Waals surface area contributed by atoms with Gasteiger partial charge in [0.1, 0.15) is 6.04 Å². The number of hydrogen-bond donors (Lipinski definition) is 1. The predicted molar refractivity (Wildman–Crippen MR) is 52.6 cm³/mol. The minimum Gasteiger partial charge on any atom is -0.303 e. The van der Waals surface area contributed by atoms with Gasteiger partial charge >= 0.3 is 6.18 Å². The van der Waals surface area contributed by atoms with Crippen molar-refractivity contribution in [3.8, 4) is 0 Å². The summed E-state index contributed by atoms with van der Waals surface area (Å²) < 4.78 is 37.6. The molecule has 2 aliphatic rings. The van der Waals surface area contributed by atoms with E-state index in [2.05, 4.69) is 5.32 Å². The zero-order valence-corrected chi connectivity index (χ0v) is 8.82. The zero-order valence-electron chi connectivity index (χ0n) is 8.82. The summed E-state index contributed by atoms with van der Waals surface area (Å²) in [5.74, 6) is 0.496. The van der Waals surface area contributed by atoms with E-state index in [-0.39, 0.29) is 12.5 Å². The van der Waals surface area contributed by atoms with Crippen LogP contribution in [0.2, 0.25) is 0 Å². The van der Waals surface area contributed by atoms with E-state index >= 15 is 0 Å². The Morgan fingerprint density at radius 3 is 2.13 bits per heavy atom. The molecule has 0 bridgehead atoms. The molecule has 1 saturated heterocycles. The molecule has 2 atom stereocenters. The molecular formula is C11H18F3N. The normalized spacial score (nSPS) is 34.6. The molecule has 0 aromatic heterocycles. The highest BCUT2D eigenvalue weighted by Gasteiger charge is 2.43. The van der Waals surface area contributed by atoms with Crippen molar-refractivity contribution in [3.05, 3.63) is 0 Å². The molecule has 0 spiro atoms. The SMILES string of the molecule is FC(F)(F)C1CCCC(C2CCCC2)N1. The summed E-state index contributed by atoms with van der Waals surface area (Å²) in [5.41, 5.74) is 0. The van der Waals surface area contributed by atoms with Crippen LogP contribution in [0.3, 0.4) is 0 Å². The summed E-state index contributed by atoms with van der Waals surface area (Å²) in [6, 6.07) is -1.13. The molecule has 1 nitrogen and oxygen atoms in total. The third-order valence-corrected chi connectivity index (χ3v) is 3.79. The molecule has 88 valence electrons. The van der Waals surface area contributed by atoms with E-state index in [1.54, 1.807) is 0 Å². The first-order valence-electron chi connectivity index (χ1n) is 5.90. The van der Waals surface area contributed by atoms with Gasteiger partial charge in [-0.05, 0) is 38.0 Å². The van der Waals surface area contributed by atoms with E-state index in [4.69, 9.17) is 0 Å². The van der Waals surface area contributed by atoms with Crippen molar-refractivity contribution in [2.24, 2.45) is 5.92 Å². The first kappa shape index (κ1) is 11.2. The molecule has 2 fully saturated rings. The Morgan fingerprint density at radius 1 is 0.867 bits per heavy atom. The molecule has 1 aliphatic carbocycles. The van der Waals surface area contributed by atoms with E-state index < -0.39 is 12.2 Å². The minimum atomic E-state index is -4.06. The smallest absolute Gasteiger partial charge is 0.303 e. The second kappa shape index (κ2) is 4.32. The highest BCUT2D eigenvalue weighted by atomic mass is 19.4. The Kier molecular flexibility index (Phi) is 3.24. The number of hydrogen-bond acceptors (Lipinski definition) is 1. The van der Waals surface area contributed by atoms with E-state index in [1.165, 1.54) is 12.8 Å². The van der Waals surface area contributed by atoms with Crippen molar-refractivity contribution in [1.82, 2.24) is 5.32 Å². The topological polar surface area (TPSA) is 12.0 Å². The molecule has 15 heavy (non-hydrogen) atoms. The van der Waals surface area contributed by atoms with Crippen molar-refractivity contribution in [1.29, 1.82) is 0 Å². The van der Waals surface area contributed by atoms with Crippen molar-refractivity contribution in [2.45, 2.75) is 63.2 Å². The summed E-state index contributed by atoms with van der Waals surface area (Å²) in [6.45, 7) is 0. The summed E-state index contributed by atoms with van der Waals surface area (Å²) >= 11 is 0. The second-order valence-electron chi connectivity index (χ2n) is 4.84. The maximum atomic E-state index is 12.5. The number of rotatable bonds is 1. The van der Waals surface area contributed by atoms with Gasteiger partial charge in [-0.15, -0.1) is 0 Å². The average molecular weight is 221 g/mol. The van der Waals surface area contributed by atoms with Crippen LogP contribution >= 0.6 is 0 Å². The highest BCUT2D eigenvalue weighted by molar-refractivity contribution is 4.89. The van der Waals surface area contributed by atoms with E-state index in [9.17, 15) is 13.2 Å². The van der Waals surface area contributed by atoms with Crippen molar-refractivity contribution in [2.75, 3.05) is 0 Å². The Balaban J connectivity index is 1.92. The van der Waals surface area contributed by atoms with Gasteiger partial charge in [-0.1, -0.05) is 12.8 Å². The summed E-state index contributed by atoms with van der Waals surface area (Å²) in [7, 11) is 0.